The summed E-state index contributed by atoms with van der Waals surface area (Å²) in [6, 6.07) is 38.6. The summed E-state index contributed by atoms with van der Waals surface area (Å²) in [5.74, 6) is -1.18. The maximum absolute atomic E-state index is 15.3. The number of benzene rings is 6. The number of fused-ring (bicyclic) bond motifs is 7. The summed E-state index contributed by atoms with van der Waals surface area (Å²) >= 11 is 1.85. The molecule has 0 amide bonds. The summed E-state index contributed by atoms with van der Waals surface area (Å²) in [7, 11) is 0. The number of anilines is 6. The molecule has 64 heavy (non-hydrogen) atoms. The quantitative estimate of drug-likeness (QED) is 0.163. The first kappa shape index (κ1) is 42.7. The number of rotatable bonds is 3. The van der Waals surface area contributed by atoms with Gasteiger partial charge in [0.25, 0.3) is 6.71 Å². The average molecular weight is 867 g/mol. The van der Waals surface area contributed by atoms with Gasteiger partial charge in [-0.15, -0.1) is 11.3 Å². The predicted molar refractivity (Wildman–Crippen MR) is 273 cm³/mol. The van der Waals surface area contributed by atoms with Gasteiger partial charge in [0.05, 0.1) is 5.00 Å². The van der Waals surface area contributed by atoms with E-state index in [1.54, 1.807) is 0 Å². The second kappa shape index (κ2) is 14.2. The Morgan fingerprint density at radius 2 is 0.969 bits per heavy atom. The SMILES string of the molecule is CC(C)(C)c1ccc(N2c3cc4c(cc3B3c5c2cc(-c2cc(F)cc(F)c2)cc5N(c2ccc(C(C)(C)C)cc2)c2sc5ccc(C(C)(C)C)cc5c23)C(C)(C)CCC4(C)C)cc1. The molecule has 6 heteroatoms. The van der Waals surface area contributed by atoms with Crippen molar-refractivity contribution in [2.75, 3.05) is 9.80 Å². The Morgan fingerprint density at radius 1 is 0.500 bits per heavy atom. The summed E-state index contributed by atoms with van der Waals surface area (Å²) in [6.07, 6.45) is 2.22. The highest BCUT2D eigenvalue weighted by molar-refractivity contribution is 7.26. The molecule has 1 aromatic heterocycles. The van der Waals surface area contributed by atoms with E-state index < -0.39 is 11.6 Å². The lowest BCUT2D eigenvalue weighted by atomic mass is 9.33. The molecule has 2 nitrogen and oxygen atoms in total. The van der Waals surface area contributed by atoms with Gasteiger partial charge in [-0.3, -0.25) is 0 Å². The number of hydrogen-bond acceptors (Lipinski definition) is 3. The highest BCUT2D eigenvalue weighted by Gasteiger charge is 2.48. The molecule has 1 aliphatic carbocycles. The van der Waals surface area contributed by atoms with E-state index in [0.717, 1.165) is 47.2 Å². The third-order valence-electron chi connectivity index (χ3n) is 14.7. The first-order valence-electron chi connectivity index (χ1n) is 23.1. The van der Waals surface area contributed by atoms with Crippen molar-refractivity contribution in [3.63, 3.8) is 0 Å². The van der Waals surface area contributed by atoms with Crippen LogP contribution in [0.4, 0.5) is 42.2 Å². The van der Waals surface area contributed by atoms with Gasteiger partial charge in [0, 0.05) is 39.2 Å². The molecule has 0 radical (unpaired) electrons. The summed E-state index contributed by atoms with van der Waals surface area (Å²) in [6.45, 7) is 30.0. The standard InChI is InChI=1S/C58H61BF2N2S/c1-54(2,3)36-14-19-41(20-15-36)62-47-33-45-44(57(10,11)24-25-58(45,12)13)32-46(47)59-51-43-30-38(56(7,8)9)18-23-50(43)64-53(51)63(42-21-16-37(17-22-42)55(4,5)6)49-29-35(28-48(62)52(49)59)34-26-39(60)31-40(61)27-34/h14-23,26-33H,24-25H2,1-13H3. The third-order valence-corrected chi connectivity index (χ3v) is 15.9. The molecule has 0 unspecified atom stereocenters. The molecule has 0 bridgehead atoms. The van der Waals surface area contributed by atoms with Crippen LogP contribution < -0.4 is 26.2 Å². The van der Waals surface area contributed by atoms with Crippen LogP contribution in [0, 0.1) is 11.6 Å². The van der Waals surface area contributed by atoms with Crippen LogP contribution in [0.25, 0.3) is 21.2 Å². The fraction of sp³-hybridized carbons (Fsp3) is 0.345. The summed E-state index contributed by atoms with van der Waals surface area (Å²) in [5.41, 5.74) is 17.0. The number of halogens is 2. The van der Waals surface area contributed by atoms with Crippen molar-refractivity contribution in [1.29, 1.82) is 0 Å². The van der Waals surface area contributed by atoms with Gasteiger partial charge in [-0.1, -0.05) is 132 Å². The molecule has 2 aliphatic heterocycles. The Kier molecular flexibility index (Phi) is 9.45. The molecular weight excluding hydrogens is 806 g/mol. The average Bonchev–Trinajstić information content (AvgIpc) is 3.59. The zero-order valence-electron chi connectivity index (χ0n) is 39.9. The van der Waals surface area contributed by atoms with Crippen LogP contribution in [0.3, 0.4) is 0 Å². The van der Waals surface area contributed by atoms with Crippen molar-refractivity contribution in [1.82, 2.24) is 0 Å². The van der Waals surface area contributed by atoms with Gasteiger partial charge in [-0.05, 0) is 161 Å². The van der Waals surface area contributed by atoms with Gasteiger partial charge in [0.1, 0.15) is 11.6 Å². The maximum atomic E-state index is 15.3. The van der Waals surface area contributed by atoms with Gasteiger partial charge in [-0.2, -0.15) is 0 Å². The topological polar surface area (TPSA) is 6.48 Å². The Hall–Kier alpha value is -5.20. The van der Waals surface area contributed by atoms with Crippen LogP contribution in [-0.2, 0) is 27.1 Å². The van der Waals surface area contributed by atoms with E-state index in [1.165, 1.54) is 77.1 Å². The minimum Gasteiger partial charge on any atom is -0.311 e. The molecule has 0 N–H and O–H groups in total. The maximum Gasteiger partial charge on any atom is 0.254 e. The van der Waals surface area contributed by atoms with Gasteiger partial charge in [-0.25, -0.2) is 8.78 Å². The summed E-state index contributed by atoms with van der Waals surface area (Å²) in [4.78, 5) is 4.92. The summed E-state index contributed by atoms with van der Waals surface area (Å²) < 4.78 is 31.9. The van der Waals surface area contributed by atoms with Crippen LogP contribution in [0.2, 0.25) is 0 Å². The number of nitrogens with zero attached hydrogens (tertiary/aromatic N) is 2. The van der Waals surface area contributed by atoms with Crippen LogP contribution in [0.15, 0.2) is 109 Å². The first-order valence-corrected chi connectivity index (χ1v) is 23.9. The zero-order valence-corrected chi connectivity index (χ0v) is 40.8. The minimum atomic E-state index is -0.591. The highest BCUT2D eigenvalue weighted by atomic mass is 32.1. The van der Waals surface area contributed by atoms with Crippen LogP contribution >= 0.6 is 11.3 Å². The molecule has 0 saturated carbocycles. The lowest BCUT2D eigenvalue weighted by Gasteiger charge is -2.47. The summed E-state index contributed by atoms with van der Waals surface area (Å²) in [5, 5.41) is 2.47. The molecule has 0 spiro atoms. The minimum absolute atomic E-state index is 0.0120. The molecule has 3 heterocycles. The Labute approximate surface area is 384 Å². The van der Waals surface area contributed by atoms with Gasteiger partial charge >= 0.3 is 0 Å². The number of thiophene rings is 1. The fourth-order valence-corrected chi connectivity index (χ4v) is 11.9. The van der Waals surface area contributed by atoms with E-state index in [9.17, 15) is 0 Å². The monoisotopic (exact) mass is 866 g/mol. The van der Waals surface area contributed by atoms with Crippen molar-refractivity contribution < 1.29 is 8.78 Å². The Morgan fingerprint density at radius 3 is 1.50 bits per heavy atom. The van der Waals surface area contributed by atoms with Crippen molar-refractivity contribution in [2.24, 2.45) is 0 Å². The van der Waals surface area contributed by atoms with E-state index in [0.29, 0.717) is 5.56 Å². The van der Waals surface area contributed by atoms with E-state index in [2.05, 4.69) is 191 Å². The van der Waals surface area contributed by atoms with Crippen LogP contribution in [0.1, 0.15) is 131 Å². The second-order valence-corrected chi connectivity index (χ2v) is 24.3. The lowest BCUT2D eigenvalue weighted by Crippen LogP contribution is -2.61. The third kappa shape index (κ3) is 6.84. The van der Waals surface area contributed by atoms with Gasteiger partial charge in [0.15, 0.2) is 0 Å². The van der Waals surface area contributed by atoms with E-state index >= 15 is 8.78 Å². The zero-order chi connectivity index (χ0) is 45.6. The molecule has 10 rings (SSSR count). The number of hydrogen-bond donors (Lipinski definition) is 0. The molecule has 0 fully saturated rings. The van der Waals surface area contributed by atoms with Crippen LogP contribution in [-0.4, -0.2) is 6.71 Å². The van der Waals surface area contributed by atoms with Crippen molar-refractivity contribution in [3.05, 3.63) is 149 Å². The normalized spacial score (nSPS) is 16.4. The smallest absolute Gasteiger partial charge is 0.254 e. The lowest BCUT2D eigenvalue weighted by molar-refractivity contribution is 0.332. The van der Waals surface area contributed by atoms with Gasteiger partial charge < -0.3 is 9.80 Å². The molecule has 0 saturated heterocycles. The molecule has 7 aromatic rings. The van der Waals surface area contributed by atoms with E-state index in [1.807, 2.05) is 11.3 Å². The van der Waals surface area contributed by atoms with E-state index in [4.69, 9.17) is 0 Å². The predicted octanol–water partition coefficient (Wildman–Crippen LogP) is 15.2. The molecule has 0 atom stereocenters. The van der Waals surface area contributed by atoms with E-state index in [-0.39, 0.29) is 33.8 Å². The van der Waals surface area contributed by atoms with Crippen molar-refractivity contribution >= 4 is 78.0 Å². The largest absolute Gasteiger partial charge is 0.311 e. The second-order valence-electron chi connectivity index (χ2n) is 23.3. The van der Waals surface area contributed by atoms with Crippen LogP contribution in [0.5, 0.6) is 0 Å². The molecule has 326 valence electrons. The first-order chi connectivity index (χ1) is 29.9. The highest BCUT2D eigenvalue weighted by Crippen LogP contribution is 2.53. The van der Waals surface area contributed by atoms with Crippen molar-refractivity contribution in [2.45, 2.75) is 130 Å². The molecule has 3 aliphatic rings. The molecule has 6 aromatic carbocycles. The van der Waals surface area contributed by atoms with Gasteiger partial charge in [0.2, 0.25) is 0 Å². The Bertz CT molecular complexity index is 3010. The van der Waals surface area contributed by atoms with Crippen molar-refractivity contribution in [3.8, 4) is 11.1 Å². The Balaban J connectivity index is 1.38. The molecular formula is C58H61BF2N2S. The fourth-order valence-electron chi connectivity index (χ4n) is 10.7.